The molecule has 1 aromatic rings. The van der Waals surface area contributed by atoms with E-state index in [9.17, 15) is 9.90 Å². The fourth-order valence-electron chi connectivity index (χ4n) is 2.29. The predicted molar refractivity (Wildman–Crippen MR) is 63.5 cm³/mol. The van der Waals surface area contributed by atoms with Crippen LogP contribution >= 0.6 is 0 Å². The SMILES string of the molecule is CCC1CN(C(=O)c2cn(C)cn2)CCC1O. The molecule has 5 heteroatoms. The monoisotopic (exact) mass is 237 g/mol. The maximum Gasteiger partial charge on any atom is 0.274 e. The van der Waals surface area contributed by atoms with Gasteiger partial charge in [-0.3, -0.25) is 4.79 Å². The van der Waals surface area contributed by atoms with Gasteiger partial charge in [-0.25, -0.2) is 4.98 Å². The summed E-state index contributed by atoms with van der Waals surface area (Å²) >= 11 is 0. The van der Waals surface area contributed by atoms with Crippen LogP contribution in [0, 0.1) is 5.92 Å². The molecule has 1 amide bonds. The van der Waals surface area contributed by atoms with Gasteiger partial charge in [0.1, 0.15) is 5.69 Å². The topological polar surface area (TPSA) is 58.4 Å². The number of carbonyl (C=O) groups excluding carboxylic acids is 1. The van der Waals surface area contributed by atoms with Crippen molar-refractivity contribution in [1.29, 1.82) is 0 Å². The average molecular weight is 237 g/mol. The molecule has 5 nitrogen and oxygen atoms in total. The van der Waals surface area contributed by atoms with Crippen molar-refractivity contribution in [1.82, 2.24) is 14.5 Å². The maximum atomic E-state index is 12.1. The average Bonchev–Trinajstić information content (AvgIpc) is 2.75. The van der Waals surface area contributed by atoms with Crippen LogP contribution in [0.3, 0.4) is 0 Å². The molecular formula is C12H19N3O2. The number of amides is 1. The quantitative estimate of drug-likeness (QED) is 0.821. The minimum absolute atomic E-state index is 0.0315. The number of piperidine rings is 1. The zero-order chi connectivity index (χ0) is 12.4. The van der Waals surface area contributed by atoms with Gasteiger partial charge in [-0.15, -0.1) is 0 Å². The van der Waals surface area contributed by atoms with E-state index in [1.54, 1.807) is 22.0 Å². The van der Waals surface area contributed by atoms with Gasteiger partial charge in [-0.1, -0.05) is 6.92 Å². The van der Waals surface area contributed by atoms with E-state index in [0.29, 0.717) is 25.2 Å². The predicted octanol–water partition coefficient (Wildman–Crippen LogP) is 0.653. The highest BCUT2D eigenvalue weighted by molar-refractivity contribution is 5.92. The highest BCUT2D eigenvalue weighted by atomic mass is 16.3. The number of aryl methyl sites for hydroxylation is 1. The van der Waals surface area contributed by atoms with Crippen molar-refractivity contribution in [2.75, 3.05) is 13.1 Å². The largest absolute Gasteiger partial charge is 0.393 e. The Hall–Kier alpha value is -1.36. The van der Waals surface area contributed by atoms with E-state index in [0.717, 1.165) is 6.42 Å². The second-order valence-corrected chi connectivity index (χ2v) is 4.70. The lowest BCUT2D eigenvalue weighted by Crippen LogP contribution is -2.45. The smallest absolute Gasteiger partial charge is 0.274 e. The van der Waals surface area contributed by atoms with Gasteiger partial charge < -0.3 is 14.6 Å². The van der Waals surface area contributed by atoms with Crippen LogP contribution in [0.25, 0.3) is 0 Å². The number of imidazole rings is 1. The molecule has 1 aromatic heterocycles. The van der Waals surface area contributed by atoms with E-state index in [1.807, 2.05) is 14.0 Å². The van der Waals surface area contributed by atoms with Crippen LogP contribution in [0.2, 0.25) is 0 Å². The molecule has 1 N–H and O–H groups in total. The summed E-state index contributed by atoms with van der Waals surface area (Å²) < 4.78 is 1.77. The first kappa shape index (κ1) is 12.1. The Labute approximate surface area is 101 Å². The number of rotatable bonds is 2. The fraction of sp³-hybridized carbons (Fsp3) is 0.667. The van der Waals surface area contributed by atoms with Gasteiger partial charge in [-0.2, -0.15) is 0 Å². The molecule has 2 rings (SSSR count). The molecule has 1 fully saturated rings. The number of hydrogen-bond acceptors (Lipinski definition) is 3. The summed E-state index contributed by atoms with van der Waals surface area (Å²) in [5, 5.41) is 9.79. The second kappa shape index (κ2) is 4.87. The number of aromatic nitrogens is 2. The molecule has 0 bridgehead atoms. The standard InChI is InChI=1S/C12H19N3O2/c1-3-9-6-15(5-4-11(9)16)12(17)10-7-14(2)8-13-10/h7-9,11,16H,3-6H2,1-2H3. The van der Waals surface area contributed by atoms with Crippen LogP contribution in [0.1, 0.15) is 30.3 Å². The molecule has 2 unspecified atom stereocenters. The van der Waals surface area contributed by atoms with Crippen LogP contribution in [-0.2, 0) is 7.05 Å². The van der Waals surface area contributed by atoms with E-state index < -0.39 is 0 Å². The molecule has 0 spiro atoms. The number of hydrogen-bond donors (Lipinski definition) is 1. The third-order valence-corrected chi connectivity index (χ3v) is 3.43. The molecule has 1 saturated heterocycles. The summed E-state index contributed by atoms with van der Waals surface area (Å²) in [5.74, 6) is 0.160. The highest BCUT2D eigenvalue weighted by Crippen LogP contribution is 2.21. The number of carbonyl (C=O) groups is 1. The molecule has 17 heavy (non-hydrogen) atoms. The first-order chi connectivity index (χ1) is 8.11. The van der Waals surface area contributed by atoms with Gasteiger partial charge in [0.25, 0.3) is 5.91 Å². The zero-order valence-electron chi connectivity index (χ0n) is 10.3. The first-order valence-electron chi connectivity index (χ1n) is 6.07. The Morgan fingerprint density at radius 2 is 2.41 bits per heavy atom. The summed E-state index contributed by atoms with van der Waals surface area (Å²) in [6, 6.07) is 0. The highest BCUT2D eigenvalue weighted by Gasteiger charge is 2.30. The van der Waals surface area contributed by atoms with Crippen molar-refractivity contribution in [3.8, 4) is 0 Å². The molecule has 2 atom stereocenters. The molecular weight excluding hydrogens is 218 g/mol. The summed E-state index contributed by atoms with van der Waals surface area (Å²) in [6.07, 6.45) is 4.65. The number of aliphatic hydroxyl groups is 1. The molecule has 0 radical (unpaired) electrons. The van der Waals surface area contributed by atoms with E-state index in [1.165, 1.54) is 0 Å². The van der Waals surface area contributed by atoms with Crippen LogP contribution in [0.15, 0.2) is 12.5 Å². The van der Waals surface area contributed by atoms with Crippen LogP contribution in [0.5, 0.6) is 0 Å². The van der Waals surface area contributed by atoms with Gasteiger partial charge >= 0.3 is 0 Å². The summed E-state index contributed by atoms with van der Waals surface area (Å²) in [4.78, 5) is 18.0. The number of aliphatic hydroxyl groups excluding tert-OH is 1. The number of likely N-dealkylation sites (tertiary alicyclic amines) is 1. The molecule has 0 saturated carbocycles. The Balaban J connectivity index is 2.05. The Morgan fingerprint density at radius 1 is 1.65 bits per heavy atom. The summed E-state index contributed by atoms with van der Waals surface area (Å²) in [5.41, 5.74) is 0.485. The van der Waals surface area contributed by atoms with E-state index in [-0.39, 0.29) is 17.9 Å². The van der Waals surface area contributed by atoms with E-state index in [2.05, 4.69) is 4.98 Å². The molecule has 0 aromatic carbocycles. The first-order valence-corrected chi connectivity index (χ1v) is 6.07. The fourth-order valence-corrected chi connectivity index (χ4v) is 2.29. The molecule has 1 aliphatic rings. The third kappa shape index (κ3) is 2.49. The Bertz CT molecular complexity index is 402. The van der Waals surface area contributed by atoms with E-state index in [4.69, 9.17) is 0 Å². The van der Waals surface area contributed by atoms with Crippen molar-refractivity contribution in [3.63, 3.8) is 0 Å². The summed E-state index contributed by atoms with van der Waals surface area (Å²) in [7, 11) is 1.85. The molecule has 2 heterocycles. The number of nitrogens with zero attached hydrogens (tertiary/aromatic N) is 3. The maximum absolute atomic E-state index is 12.1. The van der Waals surface area contributed by atoms with Crippen molar-refractivity contribution in [3.05, 3.63) is 18.2 Å². The lowest BCUT2D eigenvalue weighted by atomic mass is 9.92. The molecule has 1 aliphatic heterocycles. The van der Waals surface area contributed by atoms with Gasteiger partial charge in [0.05, 0.1) is 12.4 Å². The molecule has 0 aliphatic carbocycles. The molecule has 94 valence electrons. The van der Waals surface area contributed by atoms with Gasteiger partial charge in [-0.05, 0) is 12.8 Å². The van der Waals surface area contributed by atoms with Gasteiger partial charge in [0, 0.05) is 32.3 Å². The summed E-state index contributed by atoms with van der Waals surface area (Å²) in [6.45, 7) is 3.29. The van der Waals surface area contributed by atoms with Crippen molar-refractivity contribution >= 4 is 5.91 Å². The lowest BCUT2D eigenvalue weighted by molar-refractivity contribution is 0.0226. The van der Waals surface area contributed by atoms with Gasteiger partial charge in [0.15, 0.2) is 0 Å². The van der Waals surface area contributed by atoms with Crippen molar-refractivity contribution in [2.45, 2.75) is 25.9 Å². The normalized spacial score (nSPS) is 25.0. The van der Waals surface area contributed by atoms with Crippen LogP contribution in [-0.4, -0.2) is 44.7 Å². The van der Waals surface area contributed by atoms with Crippen LogP contribution in [0.4, 0.5) is 0 Å². The third-order valence-electron chi connectivity index (χ3n) is 3.43. The minimum Gasteiger partial charge on any atom is -0.393 e. The minimum atomic E-state index is -0.271. The van der Waals surface area contributed by atoms with Crippen molar-refractivity contribution in [2.24, 2.45) is 13.0 Å². The second-order valence-electron chi connectivity index (χ2n) is 4.70. The van der Waals surface area contributed by atoms with E-state index >= 15 is 0 Å². The lowest BCUT2D eigenvalue weighted by Gasteiger charge is -2.35. The van der Waals surface area contributed by atoms with Crippen molar-refractivity contribution < 1.29 is 9.90 Å². The Morgan fingerprint density at radius 3 is 3.00 bits per heavy atom. The van der Waals surface area contributed by atoms with Gasteiger partial charge in [0.2, 0.25) is 0 Å². The van der Waals surface area contributed by atoms with Crippen LogP contribution < -0.4 is 0 Å². The zero-order valence-corrected chi connectivity index (χ0v) is 10.3. The Kier molecular flexibility index (Phi) is 3.47.